The molecule has 0 spiro atoms. The van der Waals surface area contributed by atoms with Crippen LogP contribution in [0, 0.1) is 0 Å². The molecule has 6 heteroatoms. The monoisotopic (exact) mass is 234 g/mol. The van der Waals surface area contributed by atoms with Gasteiger partial charge in [0.2, 0.25) is 5.88 Å². The maximum absolute atomic E-state index is 10.7. The van der Waals surface area contributed by atoms with Crippen molar-refractivity contribution in [3.63, 3.8) is 0 Å². The molecule has 1 aromatic heterocycles. The minimum atomic E-state index is -0.467. The molecule has 2 N–H and O–H groups in total. The van der Waals surface area contributed by atoms with Crippen LogP contribution < -0.4 is 4.74 Å². The lowest BCUT2D eigenvalue weighted by Crippen LogP contribution is -2.03. The molecule has 0 aliphatic rings. The van der Waals surface area contributed by atoms with Crippen LogP contribution in [0.3, 0.4) is 0 Å². The van der Waals surface area contributed by atoms with Crippen molar-refractivity contribution in [3.05, 3.63) is 30.5 Å². The van der Waals surface area contributed by atoms with Crippen LogP contribution in [0.5, 0.6) is 17.4 Å². The maximum Gasteiger partial charge on any atom is 0.309 e. The average molecular weight is 234 g/mol. The van der Waals surface area contributed by atoms with Gasteiger partial charge in [-0.05, 0) is 12.1 Å². The summed E-state index contributed by atoms with van der Waals surface area (Å²) in [5.74, 6) is -0.490. The number of hydrogen-bond donors (Lipinski definition) is 2. The number of ether oxygens (including phenoxy) is 1. The van der Waals surface area contributed by atoms with Gasteiger partial charge in [0.05, 0.1) is 0 Å². The van der Waals surface area contributed by atoms with Crippen LogP contribution in [0.15, 0.2) is 30.5 Å². The molecule has 0 radical (unpaired) electrons. The molecule has 88 valence electrons. The fraction of sp³-hybridized carbons (Fsp3) is 0.0909. The van der Waals surface area contributed by atoms with Crippen LogP contribution >= 0.6 is 0 Å². The largest absolute Gasteiger partial charge is 0.508 e. The SMILES string of the molecule is CC(=O)Oc1ccn(-c2ccc(O)cc2O)n1. The van der Waals surface area contributed by atoms with Gasteiger partial charge >= 0.3 is 5.97 Å². The standard InChI is InChI=1S/C11H10N2O4/c1-7(14)17-11-4-5-13(12-11)9-3-2-8(15)6-10(9)16/h2-6,15-16H,1H3. The molecule has 2 aromatic rings. The molecule has 0 bridgehead atoms. The number of phenolic OH excluding ortho intramolecular Hbond substituents is 2. The second-order valence-electron chi connectivity index (χ2n) is 3.37. The topological polar surface area (TPSA) is 84.6 Å². The third-order valence-corrected chi connectivity index (χ3v) is 2.02. The first kappa shape index (κ1) is 11.0. The number of carbonyl (C=O) groups excluding carboxylic acids is 1. The van der Waals surface area contributed by atoms with Gasteiger partial charge in [0.15, 0.2) is 0 Å². The van der Waals surface area contributed by atoms with Crippen molar-refractivity contribution in [2.24, 2.45) is 0 Å². The van der Waals surface area contributed by atoms with Crippen LogP contribution in [-0.2, 0) is 4.79 Å². The summed E-state index contributed by atoms with van der Waals surface area (Å²) in [6.45, 7) is 1.27. The van der Waals surface area contributed by atoms with Gasteiger partial charge in [0.1, 0.15) is 17.2 Å². The number of nitrogens with zero attached hydrogens (tertiary/aromatic N) is 2. The summed E-state index contributed by atoms with van der Waals surface area (Å²) < 4.78 is 6.12. The molecule has 6 nitrogen and oxygen atoms in total. The number of aromatic nitrogens is 2. The molecule has 1 heterocycles. The third-order valence-electron chi connectivity index (χ3n) is 2.02. The van der Waals surface area contributed by atoms with E-state index < -0.39 is 5.97 Å². The zero-order valence-electron chi connectivity index (χ0n) is 8.99. The van der Waals surface area contributed by atoms with Crippen molar-refractivity contribution in [1.82, 2.24) is 9.78 Å². The molecule has 2 rings (SSSR count). The van der Waals surface area contributed by atoms with E-state index in [0.717, 1.165) is 0 Å². The van der Waals surface area contributed by atoms with Crippen molar-refractivity contribution in [2.45, 2.75) is 6.92 Å². The van der Waals surface area contributed by atoms with Crippen LogP contribution in [0.25, 0.3) is 5.69 Å². The van der Waals surface area contributed by atoms with Crippen molar-refractivity contribution < 1.29 is 19.7 Å². The Hall–Kier alpha value is -2.50. The Morgan fingerprint density at radius 1 is 1.35 bits per heavy atom. The predicted molar refractivity (Wildman–Crippen MR) is 58.2 cm³/mol. The Balaban J connectivity index is 2.33. The Morgan fingerprint density at radius 2 is 2.12 bits per heavy atom. The second kappa shape index (κ2) is 4.17. The van der Waals surface area contributed by atoms with E-state index in [0.29, 0.717) is 5.69 Å². The van der Waals surface area contributed by atoms with Crippen LogP contribution in [0.4, 0.5) is 0 Å². The number of esters is 1. The number of rotatable bonds is 2. The Bertz CT molecular complexity index is 562. The van der Waals surface area contributed by atoms with Gasteiger partial charge in [-0.1, -0.05) is 0 Å². The number of hydrogen-bond acceptors (Lipinski definition) is 5. The van der Waals surface area contributed by atoms with Crippen molar-refractivity contribution in [1.29, 1.82) is 0 Å². The van der Waals surface area contributed by atoms with Gasteiger partial charge in [-0.3, -0.25) is 4.79 Å². The third kappa shape index (κ3) is 2.36. The summed E-state index contributed by atoms with van der Waals surface area (Å²) in [7, 11) is 0. The van der Waals surface area contributed by atoms with Crippen LogP contribution in [0.2, 0.25) is 0 Å². The Kier molecular flexibility index (Phi) is 2.70. The van der Waals surface area contributed by atoms with Gasteiger partial charge in [-0.15, -0.1) is 5.10 Å². The van der Waals surface area contributed by atoms with Crippen LogP contribution in [-0.4, -0.2) is 26.0 Å². The second-order valence-corrected chi connectivity index (χ2v) is 3.37. The lowest BCUT2D eigenvalue weighted by atomic mass is 10.3. The number of aromatic hydroxyl groups is 2. The highest BCUT2D eigenvalue weighted by Gasteiger charge is 2.08. The molecular formula is C11H10N2O4. The van der Waals surface area contributed by atoms with Gasteiger partial charge < -0.3 is 14.9 Å². The van der Waals surface area contributed by atoms with E-state index in [9.17, 15) is 9.90 Å². The number of benzene rings is 1. The summed E-state index contributed by atoms with van der Waals surface area (Å²) in [4.78, 5) is 10.7. The van der Waals surface area contributed by atoms with Gasteiger partial charge in [-0.2, -0.15) is 0 Å². The van der Waals surface area contributed by atoms with Crippen molar-refractivity contribution in [2.75, 3.05) is 0 Å². The minimum Gasteiger partial charge on any atom is -0.508 e. The summed E-state index contributed by atoms with van der Waals surface area (Å²) in [6.07, 6.45) is 1.53. The molecule has 0 atom stereocenters. The van der Waals surface area contributed by atoms with Gasteiger partial charge in [0, 0.05) is 25.3 Å². The molecular weight excluding hydrogens is 224 g/mol. The molecule has 0 aliphatic carbocycles. The van der Waals surface area contributed by atoms with E-state index in [2.05, 4.69) is 5.10 Å². The van der Waals surface area contributed by atoms with Crippen molar-refractivity contribution >= 4 is 5.97 Å². The molecule has 17 heavy (non-hydrogen) atoms. The van der Waals surface area contributed by atoms with E-state index in [4.69, 9.17) is 9.84 Å². The van der Waals surface area contributed by atoms with Gasteiger partial charge in [0.25, 0.3) is 0 Å². The molecule has 0 saturated heterocycles. The Labute approximate surface area is 96.7 Å². The summed E-state index contributed by atoms with van der Waals surface area (Å²) in [5, 5.41) is 22.7. The van der Waals surface area contributed by atoms with Crippen LogP contribution in [0.1, 0.15) is 6.92 Å². The fourth-order valence-electron chi connectivity index (χ4n) is 1.35. The van der Waals surface area contributed by atoms with Crippen molar-refractivity contribution in [3.8, 4) is 23.1 Å². The van der Waals surface area contributed by atoms with E-state index >= 15 is 0 Å². The maximum atomic E-state index is 10.7. The molecule has 0 aliphatic heterocycles. The average Bonchev–Trinajstić information content (AvgIpc) is 2.65. The molecule has 0 unspecified atom stereocenters. The molecule has 0 saturated carbocycles. The Morgan fingerprint density at radius 3 is 2.76 bits per heavy atom. The normalized spacial score (nSPS) is 10.2. The number of phenols is 2. The number of carbonyl (C=O) groups is 1. The first-order valence-corrected chi connectivity index (χ1v) is 4.83. The lowest BCUT2D eigenvalue weighted by Gasteiger charge is -2.04. The lowest BCUT2D eigenvalue weighted by molar-refractivity contribution is -0.132. The zero-order valence-corrected chi connectivity index (χ0v) is 8.99. The fourth-order valence-corrected chi connectivity index (χ4v) is 1.35. The van der Waals surface area contributed by atoms with E-state index in [1.165, 1.54) is 42.1 Å². The minimum absolute atomic E-state index is 0.0429. The highest BCUT2D eigenvalue weighted by atomic mass is 16.5. The smallest absolute Gasteiger partial charge is 0.309 e. The van der Waals surface area contributed by atoms with E-state index in [1.807, 2.05) is 0 Å². The first-order valence-electron chi connectivity index (χ1n) is 4.83. The summed E-state index contributed by atoms with van der Waals surface area (Å²) in [6, 6.07) is 5.60. The van der Waals surface area contributed by atoms with Gasteiger partial charge in [-0.25, -0.2) is 4.68 Å². The first-order chi connectivity index (χ1) is 8.06. The summed E-state index contributed by atoms with van der Waals surface area (Å²) in [5.41, 5.74) is 0.376. The quantitative estimate of drug-likeness (QED) is 0.763. The van der Waals surface area contributed by atoms with E-state index in [-0.39, 0.29) is 17.4 Å². The molecule has 0 fully saturated rings. The molecule has 0 amide bonds. The molecule has 1 aromatic carbocycles. The predicted octanol–water partition coefficient (Wildman–Crippen LogP) is 1.21. The highest BCUT2D eigenvalue weighted by Crippen LogP contribution is 2.26. The zero-order chi connectivity index (χ0) is 12.4. The van der Waals surface area contributed by atoms with E-state index in [1.54, 1.807) is 0 Å². The summed E-state index contributed by atoms with van der Waals surface area (Å²) >= 11 is 0. The highest BCUT2D eigenvalue weighted by molar-refractivity contribution is 5.68.